The summed E-state index contributed by atoms with van der Waals surface area (Å²) in [5.74, 6) is -1.07. The second-order valence-electron chi connectivity index (χ2n) is 3.77. The number of ether oxygens (including phenoxy) is 1. The predicted molar refractivity (Wildman–Crippen MR) is 64.5 cm³/mol. The van der Waals surface area contributed by atoms with E-state index in [0.717, 1.165) is 12.8 Å². The van der Waals surface area contributed by atoms with Crippen molar-refractivity contribution in [2.24, 2.45) is 0 Å². The van der Waals surface area contributed by atoms with Crippen LogP contribution in [0.1, 0.15) is 48.8 Å². The van der Waals surface area contributed by atoms with Crippen LogP contribution in [0.2, 0.25) is 5.15 Å². The summed E-state index contributed by atoms with van der Waals surface area (Å²) in [7, 11) is 1.50. The smallest absolute Gasteiger partial charge is 0.340 e. The van der Waals surface area contributed by atoms with Gasteiger partial charge in [-0.15, -0.1) is 0 Å². The number of halogens is 1. The van der Waals surface area contributed by atoms with Gasteiger partial charge in [-0.3, -0.25) is 0 Å². The van der Waals surface area contributed by atoms with Gasteiger partial charge in [0, 0.05) is 7.11 Å². The summed E-state index contributed by atoms with van der Waals surface area (Å²) in [4.78, 5) is 11.1. The minimum absolute atomic E-state index is 0.0421. The Morgan fingerprint density at radius 3 is 2.53 bits per heavy atom. The maximum Gasteiger partial charge on any atom is 0.340 e. The zero-order valence-electron chi connectivity index (χ0n) is 10.2. The third-order valence-electron chi connectivity index (χ3n) is 2.71. The van der Waals surface area contributed by atoms with E-state index >= 15 is 0 Å². The second-order valence-corrected chi connectivity index (χ2v) is 4.12. The Labute approximate surface area is 105 Å². The van der Waals surface area contributed by atoms with E-state index < -0.39 is 5.97 Å². The molecule has 0 bridgehead atoms. The van der Waals surface area contributed by atoms with Crippen LogP contribution in [0.15, 0.2) is 0 Å². The lowest BCUT2D eigenvalue weighted by molar-refractivity contribution is 0.0692. The van der Waals surface area contributed by atoms with Crippen LogP contribution in [-0.2, 0) is 11.3 Å². The highest BCUT2D eigenvalue weighted by Crippen LogP contribution is 2.27. The number of carboxylic acids is 1. The molecule has 0 aliphatic rings. The Morgan fingerprint density at radius 2 is 2.12 bits per heavy atom. The molecule has 0 radical (unpaired) electrons. The number of methoxy groups -OCH3 is 1. The molecule has 1 aromatic heterocycles. The van der Waals surface area contributed by atoms with Crippen molar-refractivity contribution in [3.63, 3.8) is 0 Å². The molecule has 0 saturated heterocycles. The molecule has 5 nitrogen and oxygen atoms in total. The largest absolute Gasteiger partial charge is 0.478 e. The second kappa shape index (κ2) is 6.02. The van der Waals surface area contributed by atoms with Crippen molar-refractivity contribution in [3.8, 4) is 0 Å². The quantitative estimate of drug-likeness (QED) is 0.854. The lowest BCUT2D eigenvalue weighted by atomic mass is 10.2. The Morgan fingerprint density at radius 1 is 1.53 bits per heavy atom. The number of hydrogen-bond donors (Lipinski definition) is 1. The Kier molecular flexibility index (Phi) is 4.96. The van der Waals surface area contributed by atoms with E-state index in [1.54, 1.807) is 4.68 Å². The molecule has 0 atom stereocenters. The van der Waals surface area contributed by atoms with Crippen molar-refractivity contribution >= 4 is 17.6 Å². The number of nitrogens with zero attached hydrogens (tertiary/aromatic N) is 2. The van der Waals surface area contributed by atoms with Crippen LogP contribution in [0.5, 0.6) is 0 Å². The fraction of sp³-hybridized carbons (Fsp3) is 0.636. The monoisotopic (exact) mass is 260 g/mol. The van der Waals surface area contributed by atoms with Crippen LogP contribution in [0.4, 0.5) is 0 Å². The first kappa shape index (κ1) is 14.0. The molecule has 96 valence electrons. The SMILES string of the molecule is CCC(CC)n1nc(COC)c(C(=O)O)c1Cl. The molecule has 6 heteroatoms. The van der Waals surface area contributed by atoms with E-state index in [0.29, 0.717) is 5.69 Å². The predicted octanol–water partition coefficient (Wildman–Crippen LogP) is 2.74. The average molecular weight is 261 g/mol. The van der Waals surface area contributed by atoms with Crippen LogP contribution in [-0.4, -0.2) is 28.0 Å². The molecular weight excluding hydrogens is 244 g/mol. The van der Waals surface area contributed by atoms with E-state index in [-0.39, 0.29) is 23.4 Å². The summed E-state index contributed by atoms with van der Waals surface area (Å²) in [6, 6.07) is 0.117. The number of carbonyl (C=O) groups is 1. The number of aromatic nitrogens is 2. The maximum atomic E-state index is 11.1. The van der Waals surface area contributed by atoms with E-state index in [4.69, 9.17) is 21.4 Å². The lowest BCUT2D eigenvalue weighted by Gasteiger charge is -2.13. The fourth-order valence-corrected chi connectivity index (χ4v) is 2.15. The molecule has 0 spiro atoms. The molecule has 0 amide bonds. The van der Waals surface area contributed by atoms with Crippen molar-refractivity contribution in [3.05, 3.63) is 16.4 Å². The Bertz CT molecular complexity index is 400. The highest BCUT2D eigenvalue weighted by molar-refractivity contribution is 6.32. The number of aromatic carboxylic acids is 1. The summed E-state index contributed by atoms with van der Waals surface area (Å²) in [5.41, 5.74) is 0.414. The van der Waals surface area contributed by atoms with Gasteiger partial charge in [0.05, 0.1) is 12.6 Å². The van der Waals surface area contributed by atoms with Crippen molar-refractivity contribution in [1.82, 2.24) is 9.78 Å². The van der Waals surface area contributed by atoms with Gasteiger partial charge < -0.3 is 9.84 Å². The molecule has 17 heavy (non-hydrogen) atoms. The van der Waals surface area contributed by atoms with Crippen molar-refractivity contribution in [1.29, 1.82) is 0 Å². The van der Waals surface area contributed by atoms with Gasteiger partial charge in [0.1, 0.15) is 16.4 Å². The van der Waals surface area contributed by atoms with Crippen molar-refractivity contribution in [2.75, 3.05) is 7.11 Å². The summed E-state index contributed by atoms with van der Waals surface area (Å²) in [6.07, 6.45) is 1.70. The fourth-order valence-electron chi connectivity index (χ4n) is 1.78. The molecule has 0 aliphatic carbocycles. The number of carboxylic acid groups (broad SMARTS) is 1. The molecule has 0 unspecified atom stereocenters. The molecule has 0 fully saturated rings. The van der Waals surface area contributed by atoms with Gasteiger partial charge >= 0.3 is 5.97 Å². The van der Waals surface area contributed by atoms with Crippen LogP contribution < -0.4 is 0 Å². The summed E-state index contributed by atoms with van der Waals surface area (Å²) >= 11 is 6.08. The highest BCUT2D eigenvalue weighted by Gasteiger charge is 2.24. The number of hydrogen-bond acceptors (Lipinski definition) is 3. The molecule has 1 aromatic rings. The molecule has 0 saturated carbocycles. The van der Waals surface area contributed by atoms with E-state index in [1.807, 2.05) is 13.8 Å². The van der Waals surface area contributed by atoms with Gasteiger partial charge in [-0.1, -0.05) is 25.4 Å². The van der Waals surface area contributed by atoms with Crippen LogP contribution >= 0.6 is 11.6 Å². The van der Waals surface area contributed by atoms with Crippen LogP contribution in [0.3, 0.4) is 0 Å². The molecular formula is C11H17ClN2O3. The molecule has 1 rings (SSSR count). The normalized spacial score (nSPS) is 11.1. The average Bonchev–Trinajstić information content (AvgIpc) is 2.59. The number of rotatable bonds is 6. The van der Waals surface area contributed by atoms with E-state index in [9.17, 15) is 4.79 Å². The van der Waals surface area contributed by atoms with Gasteiger partial charge in [-0.05, 0) is 12.8 Å². The Hall–Kier alpha value is -1.07. The molecule has 0 aliphatic heterocycles. The zero-order chi connectivity index (χ0) is 13.0. The van der Waals surface area contributed by atoms with Gasteiger partial charge in [0.15, 0.2) is 0 Å². The van der Waals surface area contributed by atoms with E-state index in [2.05, 4.69) is 5.10 Å². The maximum absolute atomic E-state index is 11.1. The first-order valence-electron chi connectivity index (χ1n) is 5.55. The summed E-state index contributed by atoms with van der Waals surface area (Å²) in [5, 5.41) is 13.5. The first-order chi connectivity index (χ1) is 8.06. The van der Waals surface area contributed by atoms with Crippen LogP contribution in [0, 0.1) is 0 Å². The lowest BCUT2D eigenvalue weighted by Crippen LogP contribution is -2.09. The summed E-state index contributed by atoms with van der Waals surface area (Å²) < 4.78 is 6.52. The van der Waals surface area contributed by atoms with Gasteiger partial charge in [-0.25, -0.2) is 9.48 Å². The minimum Gasteiger partial charge on any atom is -0.478 e. The Balaban J connectivity index is 3.25. The zero-order valence-corrected chi connectivity index (χ0v) is 11.0. The third-order valence-corrected chi connectivity index (χ3v) is 3.07. The highest BCUT2D eigenvalue weighted by atomic mass is 35.5. The van der Waals surface area contributed by atoms with E-state index in [1.165, 1.54) is 7.11 Å². The minimum atomic E-state index is -1.07. The third kappa shape index (κ3) is 2.79. The summed E-state index contributed by atoms with van der Waals surface area (Å²) in [6.45, 7) is 4.18. The molecule has 0 aromatic carbocycles. The van der Waals surface area contributed by atoms with Gasteiger partial charge in [-0.2, -0.15) is 5.10 Å². The van der Waals surface area contributed by atoms with Crippen LogP contribution in [0.25, 0.3) is 0 Å². The standard InChI is InChI=1S/C11H17ClN2O3/c1-4-7(5-2)14-10(12)9(11(15)16)8(13-14)6-17-3/h7H,4-6H2,1-3H3,(H,15,16). The topological polar surface area (TPSA) is 64.4 Å². The van der Waals surface area contributed by atoms with Crippen molar-refractivity contribution < 1.29 is 14.6 Å². The van der Waals surface area contributed by atoms with Gasteiger partial charge in [0.2, 0.25) is 0 Å². The van der Waals surface area contributed by atoms with Crippen molar-refractivity contribution in [2.45, 2.75) is 39.3 Å². The molecule has 1 N–H and O–H groups in total. The molecule has 1 heterocycles. The first-order valence-corrected chi connectivity index (χ1v) is 5.93. The van der Waals surface area contributed by atoms with Gasteiger partial charge in [0.25, 0.3) is 0 Å².